The van der Waals surface area contributed by atoms with Gasteiger partial charge in [-0.2, -0.15) is 0 Å². The molecule has 0 unspecified atom stereocenters. The first-order valence-corrected chi connectivity index (χ1v) is 8.51. The molecule has 0 spiro atoms. The van der Waals surface area contributed by atoms with E-state index in [1.54, 1.807) is 0 Å². The molecular weight excluding hydrogens is 272 g/mol. The minimum absolute atomic E-state index is 0.359. The predicted octanol–water partition coefficient (Wildman–Crippen LogP) is 4.24. The Kier molecular flexibility index (Phi) is 12.5. The average molecular weight is 294 g/mol. The molecule has 0 radical (unpaired) electrons. The summed E-state index contributed by atoms with van der Waals surface area (Å²) in [5, 5.41) is 0. The van der Waals surface area contributed by atoms with Gasteiger partial charge in [0.05, 0.1) is 0 Å². The molecule has 0 aromatic carbocycles. The van der Waals surface area contributed by atoms with Gasteiger partial charge in [0.2, 0.25) is 0 Å². The Bertz CT molecular complexity index is 104. The maximum absolute atomic E-state index is 3.73. The molecule has 0 rings (SSSR count). The van der Waals surface area contributed by atoms with E-state index in [1.165, 1.54) is 47.5 Å². The second-order valence-electron chi connectivity index (χ2n) is 3.18. The Morgan fingerprint density at radius 2 is 1.23 bits per heavy atom. The molecule has 0 saturated heterocycles. The molecule has 0 fully saturated rings. The molecule has 0 saturated carbocycles. The van der Waals surface area contributed by atoms with Crippen molar-refractivity contribution >= 4 is 20.9 Å². The third-order valence-electron chi connectivity index (χ3n) is 1.89. The Hall–Kier alpha value is 0.270. The van der Waals surface area contributed by atoms with Gasteiger partial charge < -0.3 is 0 Å². The van der Waals surface area contributed by atoms with Crippen LogP contribution >= 0.6 is 0 Å². The van der Waals surface area contributed by atoms with Crippen molar-refractivity contribution in [1.29, 1.82) is 0 Å². The van der Waals surface area contributed by atoms with Crippen LogP contribution in [0.15, 0.2) is 25.3 Å². The quantitative estimate of drug-likeness (QED) is 0.321. The van der Waals surface area contributed by atoms with E-state index in [0.29, 0.717) is 20.9 Å². The molecule has 0 aliphatic heterocycles. The van der Waals surface area contributed by atoms with Gasteiger partial charge in [-0.25, -0.2) is 0 Å². The summed E-state index contributed by atoms with van der Waals surface area (Å²) in [7, 11) is 0. The number of hydrogen-bond donors (Lipinski definition) is 0. The van der Waals surface area contributed by atoms with E-state index in [-0.39, 0.29) is 0 Å². The second-order valence-corrected chi connectivity index (χ2v) is 6.68. The van der Waals surface area contributed by atoms with Gasteiger partial charge in [0.1, 0.15) is 0 Å². The summed E-state index contributed by atoms with van der Waals surface area (Å²) < 4.78 is 3.07. The molecule has 0 aromatic heterocycles. The molecule has 1 heteroatoms. The first-order valence-electron chi connectivity index (χ1n) is 5.21. The van der Waals surface area contributed by atoms with Gasteiger partial charge in [0.25, 0.3) is 0 Å². The third kappa shape index (κ3) is 12.3. The standard InChI is InChI=1S/C12H22Te/c1-3-5-7-9-11-13-12-10-8-6-4-2/h3-4H,1-2,5-12H2. The monoisotopic (exact) mass is 296 g/mol. The Labute approximate surface area is 93.6 Å². The summed E-state index contributed by atoms with van der Waals surface area (Å²) in [4.78, 5) is 0. The Morgan fingerprint density at radius 1 is 0.769 bits per heavy atom. The minimum atomic E-state index is 0.359. The summed E-state index contributed by atoms with van der Waals surface area (Å²) in [6, 6.07) is 0. The van der Waals surface area contributed by atoms with Crippen molar-refractivity contribution in [2.24, 2.45) is 0 Å². The first kappa shape index (κ1) is 13.3. The van der Waals surface area contributed by atoms with Gasteiger partial charge in [0.15, 0.2) is 0 Å². The normalized spacial score (nSPS) is 9.85. The van der Waals surface area contributed by atoms with E-state index in [4.69, 9.17) is 0 Å². The van der Waals surface area contributed by atoms with Gasteiger partial charge in [-0.3, -0.25) is 0 Å². The van der Waals surface area contributed by atoms with Gasteiger partial charge in [-0.15, -0.1) is 0 Å². The van der Waals surface area contributed by atoms with Gasteiger partial charge in [0, 0.05) is 0 Å². The molecule has 0 aliphatic rings. The van der Waals surface area contributed by atoms with Crippen molar-refractivity contribution in [2.75, 3.05) is 0 Å². The zero-order valence-corrected chi connectivity index (χ0v) is 11.0. The maximum atomic E-state index is 3.73. The van der Waals surface area contributed by atoms with Crippen LogP contribution in [0.4, 0.5) is 0 Å². The van der Waals surface area contributed by atoms with Crippen LogP contribution in [0.5, 0.6) is 0 Å². The second kappa shape index (κ2) is 12.3. The SMILES string of the molecule is C=CCCCC[Te]CCCCC=C. The van der Waals surface area contributed by atoms with E-state index < -0.39 is 0 Å². The molecule has 0 amide bonds. The fourth-order valence-electron chi connectivity index (χ4n) is 1.09. The Balaban J connectivity index is 2.83. The van der Waals surface area contributed by atoms with E-state index >= 15 is 0 Å². The van der Waals surface area contributed by atoms with Crippen LogP contribution in [0.25, 0.3) is 0 Å². The van der Waals surface area contributed by atoms with E-state index in [9.17, 15) is 0 Å². The van der Waals surface area contributed by atoms with Crippen LogP contribution in [-0.4, -0.2) is 20.9 Å². The molecule has 0 aliphatic carbocycles. The van der Waals surface area contributed by atoms with Crippen molar-refractivity contribution in [3.8, 4) is 0 Å². The van der Waals surface area contributed by atoms with Crippen LogP contribution in [0, 0.1) is 0 Å². The van der Waals surface area contributed by atoms with E-state index in [0.717, 1.165) is 0 Å². The molecule has 0 N–H and O–H groups in total. The molecule has 13 heavy (non-hydrogen) atoms. The summed E-state index contributed by atoms with van der Waals surface area (Å²) in [5.74, 6) is 0. The Morgan fingerprint density at radius 3 is 1.62 bits per heavy atom. The van der Waals surface area contributed by atoms with Crippen LogP contribution in [-0.2, 0) is 0 Å². The summed E-state index contributed by atoms with van der Waals surface area (Å²) in [6.45, 7) is 7.46. The number of hydrogen-bond acceptors (Lipinski definition) is 0. The van der Waals surface area contributed by atoms with Crippen molar-refractivity contribution in [2.45, 2.75) is 47.5 Å². The molecule has 0 aromatic rings. The zero-order chi connectivity index (χ0) is 9.78. The molecule has 0 atom stereocenters. The molecule has 76 valence electrons. The molecule has 0 bridgehead atoms. The molecular formula is C12H22Te. The van der Waals surface area contributed by atoms with Crippen molar-refractivity contribution in [3.63, 3.8) is 0 Å². The number of unbranched alkanes of at least 4 members (excludes halogenated alkanes) is 4. The van der Waals surface area contributed by atoms with E-state index in [2.05, 4.69) is 13.2 Å². The number of allylic oxidation sites excluding steroid dienone is 2. The van der Waals surface area contributed by atoms with Crippen molar-refractivity contribution in [1.82, 2.24) is 0 Å². The van der Waals surface area contributed by atoms with Gasteiger partial charge >= 0.3 is 93.7 Å². The van der Waals surface area contributed by atoms with Gasteiger partial charge in [-0.05, 0) is 0 Å². The summed E-state index contributed by atoms with van der Waals surface area (Å²) in [5.41, 5.74) is 0. The van der Waals surface area contributed by atoms with Crippen molar-refractivity contribution < 1.29 is 0 Å². The average Bonchev–Trinajstić information content (AvgIpc) is 2.16. The molecule has 0 nitrogen and oxygen atoms in total. The topological polar surface area (TPSA) is 0 Å². The van der Waals surface area contributed by atoms with Gasteiger partial charge in [-0.1, -0.05) is 0 Å². The predicted molar refractivity (Wildman–Crippen MR) is 63.5 cm³/mol. The zero-order valence-electron chi connectivity index (χ0n) is 8.63. The summed E-state index contributed by atoms with van der Waals surface area (Å²) >= 11 is 0.359. The molecule has 0 heterocycles. The third-order valence-corrected chi connectivity index (χ3v) is 5.19. The fraction of sp³-hybridized carbons (Fsp3) is 0.667. The van der Waals surface area contributed by atoms with Crippen LogP contribution < -0.4 is 0 Å². The van der Waals surface area contributed by atoms with Crippen LogP contribution in [0.3, 0.4) is 0 Å². The van der Waals surface area contributed by atoms with Crippen LogP contribution in [0.1, 0.15) is 38.5 Å². The van der Waals surface area contributed by atoms with Crippen LogP contribution in [0.2, 0.25) is 8.94 Å². The fourth-order valence-corrected chi connectivity index (χ4v) is 4.00. The summed E-state index contributed by atoms with van der Waals surface area (Å²) in [6.07, 6.45) is 12.1. The van der Waals surface area contributed by atoms with Crippen molar-refractivity contribution in [3.05, 3.63) is 25.3 Å². The first-order chi connectivity index (χ1) is 6.41. The number of rotatable bonds is 10. The van der Waals surface area contributed by atoms with E-state index in [1.807, 2.05) is 12.2 Å².